The maximum Gasteiger partial charge on any atom is 0.326 e. The van der Waals surface area contributed by atoms with Gasteiger partial charge in [0.25, 0.3) is 0 Å². The van der Waals surface area contributed by atoms with Crippen LogP contribution in [0, 0.1) is 34.5 Å². The Labute approximate surface area is 582 Å². The van der Waals surface area contributed by atoms with Crippen molar-refractivity contribution in [2.45, 2.75) is 219 Å². The molecular weight excluding hydrogens is 1310 g/mol. The molecule has 12 atom stereocenters. The van der Waals surface area contributed by atoms with Gasteiger partial charge in [0.15, 0.2) is 11.9 Å². The van der Waals surface area contributed by atoms with Crippen LogP contribution < -0.4 is 81.0 Å². The Hall–Kier alpha value is -9.02. The Balaban J connectivity index is 2.37. The summed E-state index contributed by atoms with van der Waals surface area (Å²) in [4.78, 5) is 179. The van der Waals surface area contributed by atoms with Gasteiger partial charge in [-0.15, -0.1) is 0 Å². The summed E-state index contributed by atoms with van der Waals surface area (Å²) < 4.78 is 0. The van der Waals surface area contributed by atoms with Gasteiger partial charge in [-0.25, -0.2) is 4.79 Å². The predicted octanol–water partition coefficient (Wildman–Crippen LogP) is -2.23. The zero-order valence-electron chi connectivity index (χ0n) is 58.6. The lowest BCUT2D eigenvalue weighted by molar-refractivity contribution is -0.143. The number of rotatable bonds is 44. The van der Waals surface area contributed by atoms with E-state index in [-0.39, 0.29) is 131 Å². The molecule has 1 aromatic carbocycles. The first-order chi connectivity index (χ1) is 46.3. The fourth-order valence-electron chi connectivity index (χ4n) is 10.4. The molecule has 23 N–H and O–H groups in total. The highest BCUT2D eigenvalue weighted by Gasteiger charge is 2.41. The van der Waals surface area contributed by atoms with Crippen molar-refractivity contribution >= 4 is 101 Å². The quantitative estimate of drug-likeness (QED) is 0.0187. The van der Waals surface area contributed by atoms with Gasteiger partial charge < -0.3 is 101 Å². The Morgan fingerprint density at radius 2 is 0.919 bits per heavy atom. The van der Waals surface area contributed by atoms with Crippen molar-refractivity contribution in [3.63, 3.8) is 0 Å². The number of aromatic hydroxyl groups is 1. The van der Waals surface area contributed by atoms with E-state index in [1.54, 1.807) is 61.6 Å². The summed E-state index contributed by atoms with van der Waals surface area (Å²) >= 11 is 1.29. The number of nitrogens with one attached hydrogen (secondary N) is 14. The lowest BCUT2D eigenvalue weighted by Gasteiger charge is -2.31. The van der Waals surface area contributed by atoms with Gasteiger partial charge >= 0.3 is 11.9 Å². The van der Waals surface area contributed by atoms with E-state index >= 15 is 0 Å². The molecule has 0 aromatic heterocycles. The molecule has 0 spiro atoms. The number of hydrogen-bond acceptors (Lipinski definition) is 18. The zero-order valence-corrected chi connectivity index (χ0v) is 59.4. The fraction of sp³-hybridized carbons (Fsp3) is 0.672. The van der Waals surface area contributed by atoms with Crippen molar-refractivity contribution in [3.05, 3.63) is 29.8 Å². The lowest BCUT2D eigenvalue weighted by Crippen LogP contribution is -2.60. The number of phenols is 1. The third kappa shape index (κ3) is 32.0. The first kappa shape index (κ1) is 86.1. The van der Waals surface area contributed by atoms with Crippen molar-refractivity contribution in [3.8, 4) is 5.75 Å². The third-order valence-electron chi connectivity index (χ3n) is 15.8. The van der Waals surface area contributed by atoms with Crippen LogP contribution in [0.25, 0.3) is 0 Å². The smallest absolute Gasteiger partial charge is 0.326 e. The van der Waals surface area contributed by atoms with Crippen LogP contribution in [0.15, 0.2) is 24.3 Å². The number of amides is 11. The minimum absolute atomic E-state index is 0.0388. The maximum atomic E-state index is 14.8. The number of carbonyl (C=O) groups is 13. The van der Waals surface area contributed by atoms with Crippen LogP contribution in [0.3, 0.4) is 0 Å². The Kier molecular flexibility index (Phi) is 37.7. The van der Waals surface area contributed by atoms with Gasteiger partial charge in [0.1, 0.15) is 72.2 Å². The molecule has 35 heteroatoms. The first-order valence-corrected chi connectivity index (χ1v) is 34.7. The second-order valence-corrected chi connectivity index (χ2v) is 27.3. The standard InChI is InChI=1S/C64H108N18O16S/c1-32(2)27-43(55(90)73-36(9)51(86)74-41(22-26-99-11)54(89)79-46(31-49(84)85)58(93)81-47(62(97)98)30-38-18-20-39(83)21-19-38)80-59(94)48-17-14-25-82(48)61(96)42(16-13-24-71-64(68)69)76-56(91)45(29-34(5)6)78-57(92)44(28-33(3)4)77-52(87)37(10)72-53(88)40(15-12-23-70-63(66)67)75-60(95)50(65)35(7)8/h18-21,32-37,40-48,50,83H,12-17,22-31,65H2,1-11H3,(H,72,88)(H,73,90)(H,74,86)(H,75,95)(H,76,91)(H,77,87)(H,78,92)(H,79,89)(H,80,94)(H,81,93)(H,84,85)(H,97,98)(H4,66,67,70)(H4,68,69,71)/t36-,37-,40-,41-,42-,43-,44-,45-,46-,47-,48-,50-/m0/s1. The molecule has 0 bridgehead atoms. The summed E-state index contributed by atoms with van der Waals surface area (Å²) in [5.41, 5.74) is 17.4. The van der Waals surface area contributed by atoms with Crippen molar-refractivity contribution < 1.29 is 77.6 Å². The second-order valence-electron chi connectivity index (χ2n) is 26.4. The number of phenolic OH excluding ortho intramolecular Hbond substituents is 1. The van der Waals surface area contributed by atoms with Crippen LogP contribution in [0.4, 0.5) is 0 Å². The van der Waals surface area contributed by atoms with Crippen LogP contribution in [0.5, 0.6) is 5.75 Å². The number of thioether (sulfide) groups is 1. The molecule has 0 aliphatic carbocycles. The summed E-state index contributed by atoms with van der Waals surface area (Å²) in [6.45, 7) is 17.3. The molecule has 1 fully saturated rings. The first-order valence-electron chi connectivity index (χ1n) is 33.3. The van der Waals surface area contributed by atoms with Gasteiger partial charge in [-0.1, -0.05) is 67.5 Å². The maximum absolute atomic E-state index is 14.8. The van der Waals surface area contributed by atoms with Gasteiger partial charge in [-0.2, -0.15) is 11.8 Å². The van der Waals surface area contributed by atoms with E-state index < -0.39 is 156 Å². The number of hydrogen-bond donors (Lipinski definition) is 20. The molecule has 0 radical (unpaired) electrons. The molecule has 2 rings (SSSR count). The summed E-state index contributed by atoms with van der Waals surface area (Å²) in [7, 11) is 0. The minimum Gasteiger partial charge on any atom is -0.508 e. The molecule has 34 nitrogen and oxygen atoms in total. The normalized spacial score (nSPS) is 16.1. The van der Waals surface area contributed by atoms with Crippen molar-refractivity contribution in [1.82, 2.24) is 68.7 Å². The predicted molar refractivity (Wildman–Crippen MR) is 370 cm³/mol. The van der Waals surface area contributed by atoms with Crippen LogP contribution in [-0.2, 0) is 68.7 Å². The second kappa shape index (κ2) is 43.4. The number of nitrogens with zero attached hydrogens (tertiary/aromatic N) is 1. The molecule has 99 heavy (non-hydrogen) atoms. The Morgan fingerprint density at radius 1 is 0.525 bits per heavy atom. The molecule has 1 saturated heterocycles. The van der Waals surface area contributed by atoms with E-state index in [9.17, 15) is 77.6 Å². The summed E-state index contributed by atoms with van der Waals surface area (Å²) in [5.74, 6) is -13.3. The zero-order chi connectivity index (χ0) is 75.0. The SMILES string of the molecule is CSCC[C@H](NC(=O)[C@H](C)NC(=O)[C@H](CC(C)C)NC(=O)[C@@H]1CCCN1C(=O)[C@H](CCCNC(=N)N)NC(=O)[C@H](CC(C)C)NC(=O)[C@H](CC(C)C)NC(=O)[C@H](C)NC(=O)[C@H](CCCNC(=N)N)NC(=O)[C@@H](N)C(C)C)C(=O)N[C@@H](CC(=O)O)C(=O)N[C@@H](Cc1ccc(O)cc1)C(=O)O. The summed E-state index contributed by atoms with van der Waals surface area (Å²) in [5, 5.41) is 75.4. The number of benzene rings is 1. The van der Waals surface area contributed by atoms with Crippen molar-refractivity contribution in [1.29, 1.82) is 10.8 Å². The molecular formula is C64H108N18O16S. The van der Waals surface area contributed by atoms with Gasteiger partial charge in [-0.05, 0) is 131 Å². The average Bonchev–Trinajstić information content (AvgIpc) is 1.73. The van der Waals surface area contributed by atoms with Gasteiger partial charge in [-0.3, -0.25) is 68.4 Å². The van der Waals surface area contributed by atoms with E-state index in [0.717, 1.165) is 0 Å². The molecule has 1 aliphatic rings. The van der Waals surface area contributed by atoms with E-state index in [4.69, 9.17) is 28.0 Å². The monoisotopic (exact) mass is 1420 g/mol. The molecule has 1 aliphatic heterocycles. The Bertz CT molecular complexity index is 2940. The van der Waals surface area contributed by atoms with Crippen LogP contribution in [0.1, 0.15) is 145 Å². The molecule has 0 unspecified atom stereocenters. The van der Waals surface area contributed by atoms with E-state index in [2.05, 4.69) is 63.8 Å². The van der Waals surface area contributed by atoms with E-state index in [1.165, 1.54) is 54.8 Å². The number of carboxylic acids is 2. The van der Waals surface area contributed by atoms with Gasteiger partial charge in [0, 0.05) is 26.1 Å². The average molecular weight is 1420 g/mol. The minimum atomic E-state index is -1.81. The fourth-order valence-corrected chi connectivity index (χ4v) is 10.9. The largest absolute Gasteiger partial charge is 0.508 e. The Morgan fingerprint density at radius 3 is 1.38 bits per heavy atom. The third-order valence-corrected chi connectivity index (χ3v) is 16.5. The molecule has 0 saturated carbocycles. The highest BCUT2D eigenvalue weighted by molar-refractivity contribution is 7.98. The number of guanidine groups is 2. The van der Waals surface area contributed by atoms with Gasteiger partial charge in [0.2, 0.25) is 65.0 Å². The van der Waals surface area contributed by atoms with Crippen molar-refractivity contribution in [2.75, 3.05) is 31.6 Å². The summed E-state index contributed by atoms with van der Waals surface area (Å²) in [6, 6.07) is -10.4. The topological polar surface area (TPSA) is 556 Å². The number of nitrogens with two attached hydrogens (primary N) is 3. The van der Waals surface area contributed by atoms with Crippen LogP contribution >= 0.6 is 11.8 Å². The van der Waals surface area contributed by atoms with Gasteiger partial charge in [0.05, 0.1) is 12.5 Å². The number of likely N-dealkylation sites (tertiary alicyclic amines) is 1. The van der Waals surface area contributed by atoms with Crippen molar-refractivity contribution in [2.24, 2.45) is 40.9 Å². The molecule has 11 amide bonds. The van der Waals surface area contributed by atoms with Crippen LogP contribution in [-0.4, -0.2) is 213 Å². The lowest BCUT2D eigenvalue weighted by atomic mass is 9.99. The number of carbonyl (C=O) groups excluding carboxylic acids is 11. The highest BCUT2D eigenvalue weighted by Crippen LogP contribution is 2.22. The highest BCUT2D eigenvalue weighted by atomic mass is 32.2. The van der Waals surface area contributed by atoms with E-state index in [0.29, 0.717) is 12.0 Å². The molecule has 1 heterocycles. The van der Waals surface area contributed by atoms with Crippen LogP contribution in [0.2, 0.25) is 0 Å². The summed E-state index contributed by atoms with van der Waals surface area (Å²) in [6.07, 6.45) is 1.54. The number of aliphatic carboxylic acids is 2. The molecule has 556 valence electrons. The number of carboxylic acid groups (broad SMARTS) is 2. The molecule has 1 aromatic rings. The van der Waals surface area contributed by atoms with E-state index in [1.807, 2.05) is 0 Å².